The molecule has 2 bridgehead atoms. The Morgan fingerprint density at radius 2 is 1.89 bits per heavy atom. The Balaban J connectivity index is 0.933. The molecule has 45 heavy (non-hydrogen) atoms. The van der Waals surface area contributed by atoms with E-state index >= 15 is 0 Å². The molecule has 2 atom stereocenters. The Morgan fingerprint density at radius 1 is 1.04 bits per heavy atom. The molecular formula is C34H38N8O3. The Hall–Kier alpha value is -4.24. The SMILES string of the molecule is COc1ccc(CN2C3CC2CN(c2ccc(-c4cc(OCCN5CC6(CCOCC6)C5)cn5ncc(C#N)c45)cn2)C3)cn1. The van der Waals surface area contributed by atoms with Gasteiger partial charge in [-0.2, -0.15) is 10.4 Å². The van der Waals surface area contributed by atoms with Gasteiger partial charge in [-0.3, -0.25) is 9.80 Å². The standard InChI is InChI=1S/C34H38N8O3/c1-43-32-5-2-24(15-37-32)18-41-27-12-28(41)20-40(19-27)31-4-3-25(16-36-31)30-13-29(21-42-33(30)26(14-35)17-38-42)45-11-8-39-22-34(23-39)6-9-44-10-7-34/h2-5,13,15-17,21,27-28H,6-12,18-20,22-23H2,1H3. The number of hydrogen-bond donors (Lipinski definition) is 0. The zero-order valence-corrected chi connectivity index (χ0v) is 25.6. The zero-order chi connectivity index (χ0) is 30.4. The summed E-state index contributed by atoms with van der Waals surface area (Å²) in [6, 6.07) is 13.6. The van der Waals surface area contributed by atoms with Gasteiger partial charge in [0.1, 0.15) is 24.2 Å². The number of likely N-dealkylation sites (tertiary alicyclic amines) is 1. The summed E-state index contributed by atoms with van der Waals surface area (Å²) in [7, 11) is 1.64. The largest absolute Gasteiger partial charge is 0.491 e. The average molecular weight is 607 g/mol. The smallest absolute Gasteiger partial charge is 0.212 e. The molecule has 0 saturated carbocycles. The molecule has 0 N–H and O–H groups in total. The van der Waals surface area contributed by atoms with Gasteiger partial charge in [0.05, 0.1) is 30.6 Å². The molecule has 5 saturated heterocycles. The van der Waals surface area contributed by atoms with E-state index in [1.54, 1.807) is 17.8 Å². The van der Waals surface area contributed by atoms with Gasteiger partial charge >= 0.3 is 0 Å². The number of rotatable bonds is 9. The van der Waals surface area contributed by atoms with Gasteiger partial charge in [-0.1, -0.05) is 6.07 Å². The lowest BCUT2D eigenvalue weighted by molar-refractivity contribution is -0.0829. The normalized spacial score (nSPS) is 22.5. The third-order valence-electron chi connectivity index (χ3n) is 10.2. The summed E-state index contributed by atoms with van der Waals surface area (Å²) in [5, 5.41) is 14.3. The maximum atomic E-state index is 9.80. The summed E-state index contributed by atoms with van der Waals surface area (Å²) in [5.41, 5.74) is 4.80. The van der Waals surface area contributed by atoms with E-state index in [0.717, 1.165) is 93.5 Å². The molecule has 4 aromatic heterocycles. The minimum atomic E-state index is 0.454. The molecule has 0 aliphatic carbocycles. The van der Waals surface area contributed by atoms with Gasteiger partial charge in [0, 0.05) is 99.6 Å². The highest BCUT2D eigenvalue weighted by Gasteiger charge is 2.45. The number of hydrogen-bond acceptors (Lipinski definition) is 10. The van der Waals surface area contributed by atoms with Crippen molar-refractivity contribution in [3.8, 4) is 28.8 Å². The minimum Gasteiger partial charge on any atom is -0.491 e. The predicted molar refractivity (Wildman–Crippen MR) is 168 cm³/mol. The van der Waals surface area contributed by atoms with Crippen molar-refractivity contribution in [2.45, 2.75) is 37.9 Å². The minimum absolute atomic E-state index is 0.454. The average Bonchev–Trinajstić information content (AvgIpc) is 3.50. The molecule has 5 aliphatic heterocycles. The second-order valence-electron chi connectivity index (χ2n) is 13.0. The van der Waals surface area contributed by atoms with Crippen LogP contribution in [-0.2, 0) is 11.3 Å². The van der Waals surface area contributed by atoms with Gasteiger partial charge in [-0.25, -0.2) is 14.5 Å². The summed E-state index contributed by atoms with van der Waals surface area (Å²) in [5.74, 6) is 2.36. The summed E-state index contributed by atoms with van der Waals surface area (Å²) < 4.78 is 18.8. The van der Waals surface area contributed by atoms with E-state index in [2.05, 4.69) is 49.1 Å². The fraction of sp³-hybridized carbons (Fsp3) is 0.471. The topological polar surface area (TPSA) is 104 Å². The molecule has 4 aromatic rings. The van der Waals surface area contributed by atoms with Crippen LogP contribution in [0.4, 0.5) is 5.82 Å². The first-order valence-corrected chi connectivity index (χ1v) is 15.9. The molecule has 0 amide bonds. The van der Waals surface area contributed by atoms with Crippen molar-refractivity contribution in [3.63, 3.8) is 0 Å². The van der Waals surface area contributed by atoms with Crippen LogP contribution in [0.5, 0.6) is 11.6 Å². The van der Waals surface area contributed by atoms with Gasteiger partial charge in [-0.05, 0) is 43.0 Å². The number of fused-ring (bicyclic) bond motifs is 3. The molecule has 5 fully saturated rings. The number of nitriles is 1. The summed E-state index contributed by atoms with van der Waals surface area (Å²) in [6.07, 6.45) is 10.9. The Bertz CT molecular complexity index is 1690. The van der Waals surface area contributed by atoms with Crippen LogP contribution in [0.2, 0.25) is 0 Å². The van der Waals surface area contributed by atoms with E-state index in [-0.39, 0.29) is 0 Å². The van der Waals surface area contributed by atoms with Crippen LogP contribution in [0.15, 0.2) is 55.1 Å². The fourth-order valence-electron chi connectivity index (χ4n) is 7.65. The van der Waals surface area contributed by atoms with E-state index in [1.807, 2.05) is 30.7 Å². The highest BCUT2D eigenvalue weighted by molar-refractivity contribution is 5.85. The molecule has 0 radical (unpaired) electrons. The fourth-order valence-corrected chi connectivity index (χ4v) is 7.65. The molecule has 9 heterocycles. The highest BCUT2D eigenvalue weighted by Crippen LogP contribution is 2.40. The number of ether oxygens (including phenoxy) is 3. The Morgan fingerprint density at radius 3 is 2.60 bits per heavy atom. The van der Waals surface area contributed by atoms with Crippen LogP contribution in [0.3, 0.4) is 0 Å². The first-order valence-electron chi connectivity index (χ1n) is 15.9. The number of pyridine rings is 3. The van der Waals surface area contributed by atoms with Crippen molar-refractivity contribution in [1.82, 2.24) is 29.4 Å². The first-order chi connectivity index (χ1) is 22.1. The molecule has 9 rings (SSSR count). The monoisotopic (exact) mass is 606 g/mol. The van der Waals surface area contributed by atoms with E-state index in [0.29, 0.717) is 35.5 Å². The summed E-state index contributed by atoms with van der Waals surface area (Å²) in [6.45, 7) is 8.33. The lowest BCUT2D eigenvalue weighted by Crippen LogP contribution is -2.68. The van der Waals surface area contributed by atoms with Crippen molar-refractivity contribution in [2.75, 3.05) is 64.6 Å². The lowest BCUT2D eigenvalue weighted by atomic mass is 9.73. The van der Waals surface area contributed by atoms with Gasteiger partial charge < -0.3 is 19.1 Å². The maximum absolute atomic E-state index is 9.80. The van der Waals surface area contributed by atoms with Crippen LogP contribution in [0, 0.1) is 16.7 Å². The molecule has 2 unspecified atom stereocenters. The second kappa shape index (κ2) is 11.6. The van der Waals surface area contributed by atoms with Gasteiger partial charge in [0.2, 0.25) is 5.88 Å². The number of piperidine rings is 1. The maximum Gasteiger partial charge on any atom is 0.212 e. The molecule has 1 spiro atoms. The summed E-state index contributed by atoms with van der Waals surface area (Å²) in [4.78, 5) is 16.7. The van der Waals surface area contributed by atoms with E-state index in [4.69, 9.17) is 19.2 Å². The predicted octanol–water partition coefficient (Wildman–Crippen LogP) is 3.63. The molecule has 232 valence electrons. The van der Waals surface area contributed by atoms with Crippen molar-refractivity contribution in [3.05, 3.63) is 66.2 Å². The molecular weight excluding hydrogens is 568 g/mol. The van der Waals surface area contributed by atoms with Crippen molar-refractivity contribution < 1.29 is 14.2 Å². The van der Waals surface area contributed by atoms with Crippen LogP contribution in [0.1, 0.15) is 30.4 Å². The molecule has 11 nitrogen and oxygen atoms in total. The van der Waals surface area contributed by atoms with Crippen molar-refractivity contribution >= 4 is 11.3 Å². The van der Waals surface area contributed by atoms with Crippen molar-refractivity contribution in [1.29, 1.82) is 5.26 Å². The third kappa shape index (κ3) is 5.37. The number of anilines is 1. The van der Waals surface area contributed by atoms with Crippen molar-refractivity contribution in [2.24, 2.45) is 5.41 Å². The van der Waals surface area contributed by atoms with Gasteiger partial charge in [-0.15, -0.1) is 0 Å². The summed E-state index contributed by atoms with van der Waals surface area (Å²) >= 11 is 0. The van der Waals surface area contributed by atoms with Crippen LogP contribution in [-0.4, -0.2) is 101 Å². The van der Waals surface area contributed by atoms with Crippen LogP contribution < -0.4 is 14.4 Å². The first kappa shape index (κ1) is 28.2. The van der Waals surface area contributed by atoms with E-state index < -0.39 is 0 Å². The highest BCUT2D eigenvalue weighted by atomic mass is 16.5. The second-order valence-corrected chi connectivity index (χ2v) is 13.0. The number of nitrogens with zero attached hydrogens (tertiary/aromatic N) is 8. The molecule has 5 aliphatic rings. The van der Waals surface area contributed by atoms with Crippen LogP contribution >= 0.6 is 0 Å². The lowest BCUT2D eigenvalue weighted by Gasteiger charge is -2.56. The number of aromatic nitrogens is 4. The zero-order valence-electron chi connectivity index (χ0n) is 25.6. The molecule has 0 aromatic carbocycles. The van der Waals surface area contributed by atoms with Gasteiger partial charge in [0.25, 0.3) is 0 Å². The van der Waals surface area contributed by atoms with E-state index in [1.165, 1.54) is 12.0 Å². The van der Waals surface area contributed by atoms with E-state index in [9.17, 15) is 5.26 Å². The van der Waals surface area contributed by atoms with Gasteiger partial charge in [0.15, 0.2) is 0 Å². The quantitative estimate of drug-likeness (QED) is 0.281. The number of piperazine rings is 1. The molecule has 11 heteroatoms. The Labute approximate surface area is 262 Å². The third-order valence-corrected chi connectivity index (χ3v) is 10.2. The van der Waals surface area contributed by atoms with Crippen LogP contribution in [0.25, 0.3) is 16.6 Å². The Kier molecular flexibility index (Phi) is 7.28. The number of methoxy groups -OCH3 is 1.